The number of esters is 1. The van der Waals surface area contributed by atoms with Crippen molar-refractivity contribution >= 4 is 5.97 Å². The molecule has 1 aromatic carbocycles. The minimum Gasteiger partial charge on any atom is -0.463 e. The molecule has 104 valence electrons. The van der Waals surface area contributed by atoms with Gasteiger partial charge >= 0.3 is 5.97 Å². The molecule has 0 aromatic heterocycles. The van der Waals surface area contributed by atoms with Crippen molar-refractivity contribution in [2.75, 3.05) is 0 Å². The topological polar surface area (TPSA) is 35.5 Å². The highest BCUT2D eigenvalue weighted by atomic mass is 16.5. The van der Waals surface area contributed by atoms with E-state index < -0.39 is 0 Å². The number of ether oxygens (including phenoxy) is 2. The SMILES string of the molecule is CC(C)OC(=O)C[C@H]1CCC[C@@H](c2ccccc2)O1. The van der Waals surface area contributed by atoms with E-state index in [2.05, 4.69) is 12.1 Å². The Bertz CT molecular complexity index is 400. The van der Waals surface area contributed by atoms with Crippen LogP contribution in [0.1, 0.15) is 51.2 Å². The van der Waals surface area contributed by atoms with Crippen LogP contribution in [0.3, 0.4) is 0 Å². The van der Waals surface area contributed by atoms with Gasteiger partial charge in [-0.05, 0) is 38.7 Å². The van der Waals surface area contributed by atoms with Gasteiger partial charge in [0.05, 0.1) is 24.7 Å². The van der Waals surface area contributed by atoms with Crippen LogP contribution in [0.2, 0.25) is 0 Å². The average molecular weight is 262 g/mol. The van der Waals surface area contributed by atoms with Crippen LogP contribution in [-0.2, 0) is 14.3 Å². The Morgan fingerprint density at radius 2 is 2.05 bits per heavy atom. The van der Waals surface area contributed by atoms with Gasteiger partial charge in [-0.3, -0.25) is 4.79 Å². The lowest BCUT2D eigenvalue weighted by Gasteiger charge is -2.30. The van der Waals surface area contributed by atoms with Crippen LogP contribution in [0.4, 0.5) is 0 Å². The van der Waals surface area contributed by atoms with Crippen LogP contribution in [0.15, 0.2) is 30.3 Å². The molecule has 0 aliphatic carbocycles. The van der Waals surface area contributed by atoms with Gasteiger partial charge in [-0.15, -0.1) is 0 Å². The summed E-state index contributed by atoms with van der Waals surface area (Å²) in [4.78, 5) is 11.7. The van der Waals surface area contributed by atoms with Crippen LogP contribution < -0.4 is 0 Å². The van der Waals surface area contributed by atoms with E-state index >= 15 is 0 Å². The normalized spacial score (nSPS) is 23.3. The summed E-state index contributed by atoms with van der Waals surface area (Å²) in [5, 5.41) is 0. The quantitative estimate of drug-likeness (QED) is 0.777. The van der Waals surface area contributed by atoms with Gasteiger partial charge in [0.2, 0.25) is 0 Å². The lowest BCUT2D eigenvalue weighted by molar-refractivity contribution is -0.153. The molecule has 1 fully saturated rings. The second-order valence-electron chi connectivity index (χ2n) is 5.33. The standard InChI is InChI=1S/C16H22O3/c1-12(2)18-16(17)11-14-9-6-10-15(19-14)13-7-4-3-5-8-13/h3-5,7-8,12,14-15H,6,9-11H2,1-2H3/t14-,15+/m1/s1. The van der Waals surface area contributed by atoms with Crippen molar-refractivity contribution in [2.45, 2.75) is 57.8 Å². The highest BCUT2D eigenvalue weighted by molar-refractivity contribution is 5.70. The molecule has 3 heteroatoms. The second-order valence-corrected chi connectivity index (χ2v) is 5.33. The first-order chi connectivity index (χ1) is 9.15. The molecular weight excluding hydrogens is 240 g/mol. The van der Waals surface area contributed by atoms with Gasteiger partial charge in [-0.1, -0.05) is 30.3 Å². The van der Waals surface area contributed by atoms with E-state index in [9.17, 15) is 4.79 Å². The molecule has 0 N–H and O–H groups in total. The largest absolute Gasteiger partial charge is 0.463 e. The molecule has 2 rings (SSSR count). The van der Waals surface area contributed by atoms with Gasteiger partial charge in [-0.2, -0.15) is 0 Å². The van der Waals surface area contributed by atoms with Crippen molar-refractivity contribution in [1.82, 2.24) is 0 Å². The maximum atomic E-state index is 11.7. The first-order valence-corrected chi connectivity index (χ1v) is 7.05. The zero-order valence-electron chi connectivity index (χ0n) is 11.7. The molecule has 1 heterocycles. The highest BCUT2D eigenvalue weighted by Gasteiger charge is 2.26. The lowest BCUT2D eigenvalue weighted by atomic mass is 9.97. The maximum Gasteiger partial charge on any atom is 0.308 e. The number of hydrogen-bond acceptors (Lipinski definition) is 3. The summed E-state index contributed by atoms with van der Waals surface area (Å²) < 4.78 is 11.2. The fourth-order valence-electron chi connectivity index (χ4n) is 2.46. The van der Waals surface area contributed by atoms with Crippen molar-refractivity contribution in [3.05, 3.63) is 35.9 Å². The molecule has 1 saturated heterocycles. The predicted molar refractivity (Wildman–Crippen MR) is 73.8 cm³/mol. The Morgan fingerprint density at radius 1 is 1.32 bits per heavy atom. The fraction of sp³-hybridized carbons (Fsp3) is 0.562. The third-order valence-electron chi connectivity index (χ3n) is 3.28. The molecule has 0 spiro atoms. The van der Waals surface area contributed by atoms with E-state index in [1.54, 1.807) is 0 Å². The summed E-state index contributed by atoms with van der Waals surface area (Å²) in [5.74, 6) is -0.159. The van der Waals surface area contributed by atoms with Crippen molar-refractivity contribution in [1.29, 1.82) is 0 Å². The van der Waals surface area contributed by atoms with Gasteiger partial charge in [0, 0.05) is 0 Å². The van der Waals surface area contributed by atoms with Crippen LogP contribution in [0.25, 0.3) is 0 Å². The van der Waals surface area contributed by atoms with Crippen LogP contribution >= 0.6 is 0 Å². The van der Waals surface area contributed by atoms with Crippen molar-refractivity contribution in [3.8, 4) is 0 Å². The molecular formula is C16H22O3. The highest BCUT2D eigenvalue weighted by Crippen LogP contribution is 2.32. The summed E-state index contributed by atoms with van der Waals surface area (Å²) in [6, 6.07) is 10.2. The summed E-state index contributed by atoms with van der Waals surface area (Å²) in [6.45, 7) is 3.73. The van der Waals surface area contributed by atoms with Crippen molar-refractivity contribution < 1.29 is 14.3 Å². The molecule has 0 unspecified atom stereocenters. The number of carbonyl (C=O) groups excluding carboxylic acids is 1. The minimum absolute atomic E-state index is 0.00907. The summed E-state index contributed by atoms with van der Waals surface area (Å²) in [7, 11) is 0. The van der Waals surface area contributed by atoms with E-state index in [0.717, 1.165) is 19.3 Å². The molecule has 1 aliphatic rings. The van der Waals surface area contributed by atoms with Crippen LogP contribution in [0, 0.1) is 0 Å². The third kappa shape index (κ3) is 4.35. The lowest BCUT2D eigenvalue weighted by Crippen LogP contribution is -2.26. The first-order valence-electron chi connectivity index (χ1n) is 7.05. The summed E-state index contributed by atoms with van der Waals surface area (Å²) >= 11 is 0. The number of benzene rings is 1. The Balaban J connectivity index is 1.89. The number of hydrogen-bond donors (Lipinski definition) is 0. The average Bonchev–Trinajstić information content (AvgIpc) is 2.39. The van der Waals surface area contributed by atoms with E-state index in [4.69, 9.17) is 9.47 Å². The molecule has 1 aromatic rings. The Labute approximate surface area is 114 Å². The van der Waals surface area contributed by atoms with Gasteiger partial charge in [0.1, 0.15) is 0 Å². The third-order valence-corrected chi connectivity index (χ3v) is 3.28. The Kier molecular flexibility index (Phi) is 4.97. The van der Waals surface area contributed by atoms with Gasteiger partial charge in [0.25, 0.3) is 0 Å². The van der Waals surface area contributed by atoms with Crippen molar-refractivity contribution in [2.24, 2.45) is 0 Å². The zero-order valence-corrected chi connectivity index (χ0v) is 11.7. The minimum atomic E-state index is -0.159. The van der Waals surface area contributed by atoms with E-state index in [1.807, 2.05) is 32.0 Å². The fourth-order valence-corrected chi connectivity index (χ4v) is 2.46. The van der Waals surface area contributed by atoms with E-state index in [1.165, 1.54) is 5.56 Å². The number of rotatable bonds is 4. The zero-order chi connectivity index (χ0) is 13.7. The monoisotopic (exact) mass is 262 g/mol. The predicted octanol–water partition coefficient (Wildman–Crippen LogP) is 3.64. The van der Waals surface area contributed by atoms with Gasteiger partial charge in [0.15, 0.2) is 0 Å². The first kappa shape index (κ1) is 14.1. The summed E-state index contributed by atoms with van der Waals surface area (Å²) in [6.07, 6.45) is 3.48. The number of carbonyl (C=O) groups is 1. The molecule has 0 saturated carbocycles. The maximum absolute atomic E-state index is 11.7. The molecule has 3 nitrogen and oxygen atoms in total. The van der Waals surface area contributed by atoms with E-state index in [0.29, 0.717) is 6.42 Å². The molecule has 0 amide bonds. The van der Waals surface area contributed by atoms with Crippen molar-refractivity contribution in [3.63, 3.8) is 0 Å². The molecule has 2 atom stereocenters. The summed E-state index contributed by atoms with van der Waals surface area (Å²) in [5.41, 5.74) is 1.20. The Morgan fingerprint density at radius 3 is 2.74 bits per heavy atom. The van der Waals surface area contributed by atoms with Crippen LogP contribution in [-0.4, -0.2) is 18.2 Å². The molecule has 1 aliphatic heterocycles. The second kappa shape index (κ2) is 6.71. The van der Waals surface area contributed by atoms with E-state index in [-0.39, 0.29) is 24.3 Å². The molecule has 19 heavy (non-hydrogen) atoms. The van der Waals surface area contributed by atoms with Gasteiger partial charge in [-0.25, -0.2) is 0 Å². The van der Waals surface area contributed by atoms with Crippen LogP contribution in [0.5, 0.6) is 0 Å². The molecule has 0 bridgehead atoms. The Hall–Kier alpha value is -1.35. The smallest absolute Gasteiger partial charge is 0.308 e. The molecule has 0 radical (unpaired) electrons. The van der Waals surface area contributed by atoms with Gasteiger partial charge < -0.3 is 9.47 Å².